The van der Waals surface area contributed by atoms with Gasteiger partial charge in [0.2, 0.25) is 0 Å². The Kier molecular flexibility index (Phi) is 5.46. The molecule has 2 rings (SSSR count). The van der Waals surface area contributed by atoms with Gasteiger partial charge in [-0.3, -0.25) is 4.79 Å². The average Bonchev–Trinajstić information content (AvgIpc) is 2.49. The molecule has 1 aliphatic carbocycles. The van der Waals surface area contributed by atoms with Crippen LogP contribution in [0.4, 0.5) is 0 Å². The number of aldehydes is 1. The van der Waals surface area contributed by atoms with Gasteiger partial charge in [0.05, 0.1) is 17.7 Å². The lowest BCUT2D eigenvalue weighted by Crippen LogP contribution is -2.24. The number of hydrogen-bond acceptors (Lipinski definition) is 3. The summed E-state index contributed by atoms with van der Waals surface area (Å²) in [5, 5.41) is 0. The Morgan fingerprint density at radius 2 is 2.00 bits per heavy atom. The van der Waals surface area contributed by atoms with Crippen molar-refractivity contribution in [2.45, 2.75) is 45.1 Å². The number of ether oxygens (including phenoxy) is 2. The molecule has 1 aromatic carbocycles. The lowest BCUT2D eigenvalue weighted by atomic mass is 9.86. The van der Waals surface area contributed by atoms with Gasteiger partial charge in [-0.15, -0.1) is 0 Å². The summed E-state index contributed by atoms with van der Waals surface area (Å²) in [5.74, 6) is 2.16. The predicted octanol–water partition coefficient (Wildman–Crippen LogP) is 4.62. The van der Waals surface area contributed by atoms with E-state index in [0.29, 0.717) is 17.1 Å². The van der Waals surface area contributed by atoms with Crippen molar-refractivity contribution in [3.63, 3.8) is 0 Å². The smallest absolute Gasteiger partial charge is 0.175 e. The molecular weight excluding hydrogens is 320 g/mol. The van der Waals surface area contributed by atoms with E-state index in [0.717, 1.165) is 29.5 Å². The normalized spacial score (nSPS) is 22.4. The van der Waals surface area contributed by atoms with Crippen molar-refractivity contribution in [2.24, 2.45) is 5.92 Å². The second kappa shape index (κ2) is 7.11. The molecule has 0 heterocycles. The van der Waals surface area contributed by atoms with Gasteiger partial charge in [0, 0.05) is 5.56 Å². The van der Waals surface area contributed by atoms with E-state index in [2.05, 4.69) is 22.9 Å². The van der Waals surface area contributed by atoms with E-state index in [1.807, 2.05) is 0 Å². The monoisotopic (exact) mass is 340 g/mol. The molecule has 20 heavy (non-hydrogen) atoms. The molecule has 1 fully saturated rings. The minimum absolute atomic E-state index is 0.241. The van der Waals surface area contributed by atoms with Crippen molar-refractivity contribution < 1.29 is 14.3 Å². The zero-order valence-electron chi connectivity index (χ0n) is 12.0. The van der Waals surface area contributed by atoms with Crippen molar-refractivity contribution in [1.82, 2.24) is 0 Å². The second-order valence-electron chi connectivity index (χ2n) is 5.32. The number of halogens is 1. The molecule has 1 saturated carbocycles. The van der Waals surface area contributed by atoms with E-state index in [1.54, 1.807) is 19.2 Å². The first kappa shape index (κ1) is 15.4. The lowest BCUT2D eigenvalue weighted by Gasteiger charge is -2.29. The predicted molar refractivity (Wildman–Crippen MR) is 82.7 cm³/mol. The number of carbonyl (C=O) groups is 1. The van der Waals surface area contributed by atoms with Crippen molar-refractivity contribution in [1.29, 1.82) is 0 Å². The van der Waals surface area contributed by atoms with E-state index >= 15 is 0 Å². The van der Waals surface area contributed by atoms with Crippen LogP contribution in [-0.4, -0.2) is 19.5 Å². The number of benzene rings is 1. The maximum Gasteiger partial charge on any atom is 0.175 e. The number of methoxy groups -OCH3 is 1. The molecule has 110 valence electrons. The summed E-state index contributed by atoms with van der Waals surface area (Å²) in [6.07, 6.45) is 6.94. The fourth-order valence-electron chi connectivity index (χ4n) is 2.75. The highest BCUT2D eigenvalue weighted by Gasteiger charge is 2.23. The van der Waals surface area contributed by atoms with Gasteiger partial charge in [-0.1, -0.05) is 13.3 Å². The molecule has 1 aliphatic rings. The zero-order chi connectivity index (χ0) is 14.5. The Morgan fingerprint density at radius 3 is 2.55 bits per heavy atom. The molecule has 0 amide bonds. The summed E-state index contributed by atoms with van der Waals surface area (Å²) in [4.78, 5) is 10.9. The molecule has 0 aromatic heterocycles. The van der Waals surface area contributed by atoms with E-state index in [-0.39, 0.29) is 6.10 Å². The first-order valence-electron chi connectivity index (χ1n) is 7.17. The van der Waals surface area contributed by atoms with Crippen LogP contribution in [0, 0.1) is 5.92 Å². The van der Waals surface area contributed by atoms with Gasteiger partial charge in [0.15, 0.2) is 11.5 Å². The van der Waals surface area contributed by atoms with Crippen LogP contribution in [0.25, 0.3) is 0 Å². The SMILES string of the molecule is CCC1CCC(Oc2c(Br)cc(C=O)cc2OC)CC1. The molecule has 0 saturated heterocycles. The second-order valence-corrected chi connectivity index (χ2v) is 6.18. The first-order chi connectivity index (χ1) is 9.67. The summed E-state index contributed by atoms with van der Waals surface area (Å²) >= 11 is 3.47. The lowest BCUT2D eigenvalue weighted by molar-refractivity contribution is 0.112. The summed E-state index contributed by atoms with van der Waals surface area (Å²) < 4.78 is 12.2. The molecule has 0 radical (unpaired) electrons. The Morgan fingerprint density at radius 1 is 1.30 bits per heavy atom. The number of hydrogen-bond donors (Lipinski definition) is 0. The van der Waals surface area contributed by atoms with Gasteiger partial charge >= 0.3 is 0 Å². The van der Waals surface area contributed by atoms with Gasteiger partial charge < -0.3 is 9.47 Å². The number of rotatable bonds is 5. The van der Waals surface area contributed by atoms with Crippen LogP contribution in [0.15, 0.2) is 16.6 Å². The molecule has 1 aromatic rings. The molecule has 0 bridgehead atoms. The van der Waals surface area contributed by atoms with Crippen LogP contribution >= 0.6 is 15.9 Å². The Bertz CT molecular complexity index is 465. The number of carbonyl (C=O) groups excluding carboxylic acids is 1. The molecule has 0 aliphatic heterocycles. The average molecular weight is 341 g/mol. The Hall–Kier alpha value is -1.03. The first-order valence-corrected chi connectivity index (χ1v) is 7.96. The highest BCUT2D eigenvalue weighted by molar-refractivity contribution is 9.10. The summed E-state index contributed by atoms with van der Waals surface area (Å²) in [6.45, 7) is 2.25. The molecule has 0 N–H and O–H groups in total. The highest BCUT2D eigenvalue weighted by Crippen LogP contribution is 2.39. The van der Waals surface area contributed by atoms with Crippen molar-refractivity contribution >= 4 is 22.2 Å². The van der Waals surface area contributed by atoms with E-state index in [4.69, 9.17) is 9.47 Å². The minimum atomic E-state index is 0.241. The van der Waals surface area contributed by atoms with Crippen LogP contribution in [0.3, 0.4) is 0 Å². The Labute approximate surface area is 128 Å². The molecule has 3 nitrogen and oxygen atoms in total. The van der Waals surface area contributed by atoms with Gasteiger partial charge in [0.1, 0.15) is 6.29 Å². The fourth-order valence-corrected chi connectivity index (χ4v) is 3.30. The van der Waals surface area contributed by atoms with E-state index < -0.39 is 0 Å². The van der Waals surface area contributed by atoms with E-state index in [9.17, 15) is 4.79 Å². The van der Waals surface area contributed by atoms with Crippen LogP contribution in [0.1, 0.15) is 49.4 Å². The van der Waals surface area contributed by atoms with Gasteiger partial charge in [0.25, 0.3) is 0 Å². The third kappa shape index (κ3) is 3.54. The van der Waals surface area contributed by atoms with Crippen LogP contribution in [0.5, 0.6) is 11.5 Å². The molecule has 0 spiro atoms. The van der Waals surface area contributed by atoms with Gasteiger partial charge in [-0.05, 0) is 59.7 Å². The van der Waals surface area contributed by atoms with Gasteiger partial charge in [-0.2, -0.15) is 0 Å². The van der Waals surface area contributed by atoms with Crippen molar-refractivity contribution in [2.75, 3.05) is 7.11 Å². The van der Waals surface area contributed by atoms with Gasteiger partial charge in [-0.25, -0.2) is 0 Å². The fraction of sp³-hybridized carbons (Fsp3) is 0.562. The Balaban J connectivity index is 2.11. The standard InChI is InChI=1S/C16H21BrO3/c1-3-11-4-6-13(7-5-11)20-16-14(17)8-12(10-18)9-15(16)19-2/h8-11,13H,3-7H2,1-2H3. The van der Waals surface area contributed by atoms with Crippen LogP contribution in [0.2, 0.25) is 0 Å². The highest BCUT2D eigenvalue weighted by atomic mass is 79.9. The maximum atomic E-state index is 10.9. The minimum Gasteiger partial charge on any atom is -0.493 e. The van der Waals surface area contributed by atoms with Crippen LogP contribution in [-0.2, 0) is 0 Å². The molecular formula is C16H21BrO3. The summed E-state index contributed by atoms with van der Waals surface area (Å²) in [6, 6.07) is 3.48. The zero-order valence-corrected chi connectivity index (χ0v) is 13.6. The van der Waals surface area contributed by atoms with Crippen molar-refractivity contribution in [3.05, 3.63) is 22.2 Å². The molecule has 4 heteroatoms. The quantitative estimate of drug-likeness (QED) is 0.733. The maximum absolute atomic E-state index is 10.9. The topological polar surface area (TPSA) is 35.5 Å². The molecule has 0 unspecified atom stereocenters. The third-order valence-corrected chi connectivity index (χ3v) is 4.63. The molecule has 0 atom stereocenters. The third-order valence-electron chi connectivity index (χ3n) is 4.04. The van der Waals surface area contributed by atoms with E-state index in [1.165, 1.54) is 19.3 Å². The largest absolute Gasteiger partial charge is 0.493 e. The van der Waals surface area contributed by atoms with Crippen molar-refractivity contribution in [3.8, 4) is 11.5 Å². The summed E-state index contributed by atoms with van der Waals surface area (Å²) in [5.41, 5.74) is 0.579. The summed E-state index contributed by atoms with van der Waals surface area (Å²) in [7, 11) is 1.59. The van der Waals surface area contributed by atoms with Crippen LogP contribution < -0.4 is 9.47 Å².